The molecule has 1 fully saturated rings. The molecular weight excluding hydrogens is 328 g/mol. The van der Waals surface area contributed by atoms with Crippen LogP contribution < -0.4 is 0 Å². The number of halogens is 1. The predicted molar refractivity (Wildman–Crippen MR) is 87.0 cm³/mol. The van der Waals surface area contributed by atoms with Gasteiger partial charge in [0, 0.05) is 23.5 Å². The van der Waals surface area contributed by atoms with E-state index in [-0.39, 0.29) is 0 Å². The summed E-state index contributed by atoms with van der Waals surface area (Å²) in [5.41, 5.74) is 2.44. The Hall–Kier alpha value is -1.13. The van der Waals surface area contributed by atoms with E-state index in [0.29, 0.717) is 6.04 Å². The summed E-state index contributed by atoms with van der Waals surface area (Å²) in [6.07, 6.45) is 4.48. The van der Waals surface area contributed by atoms with E-state index in [2.05, 4.69) is 63.2 Å². The van der Waals surface area contributed by atoms with Crippen molar-refractivity contribution in [2.45, 2.75) is 45.2 Å². The lowest BCUT2D eigenvalue weighted by atomic mass is 10.1. The SMILES string of the molecule is CCCc1cc(C2CCCN2Cc2cccc(Br)c2)no1. The third kappa shape index (κ3) is 3.55. The Labute approximate surface area is 134 Å². The largest absolute Gasteiger partial charge is 0.361 e. The minimum Gasteiger partial charge on any atom is -0.361 e. The summed E-state index contributed by atoms with van der Waals surface area (Å²) >= 11 is 3.55. The fraction of sp³-hybridized carbons (Fsp3) is 0.471. The number of hydrogen-bond acceptors (Lipinski definition) is 3. The van der Waals surface area contributed by atoms with Gasteiger partial charge in [-0.05, 0) is 43.5 Å². The van der Waals surface area contributed by atoms with Crippen molar-refractivity contribution in [1.29, 1.82) is 0 Å². The standard InChI is InChI=1S/C17H21BrN2O/c1-2-5-15-11-16(19-21-15)17-8-4-9-20(17)12-13-6-3-7-14(18)10-13/h3,6-7,10-11,17H,2,4-5,8-9,12H2,1H3. The molecule has 3 nitrogen and oxygen atoms in total. The molecule has 1 saturated heterocycles. The average Bonchev–Trinajstić information content (AvgIpc) is 3.08. The predicted octanol–water partition coefficient (Wildman–Crippen LogP) is 4.73. The van der Waals surface area contributed by atoms with Crippen molar-refractivity contribution in [2.24, 2.45) is 0 Å². The lowest BCUT2D eigenvalue weighted by Crippen LogP contribution is -2.22. The second-order valence-corrected chi connectivity index (χ2v) is 6.64. The van der Waals surface area contributed by atoms with Gasteiger partial charge in [0.1, 0.15) is 11.5 Å². The average molecular weight is 349 g/mol. The summed E-state index contributed by atoms with van der Waals surface area (Å²) in [6.45, 7) is 4.27. The minimum atomic E-state index is 0.401. The zero-order chi connectivity index (χ0) is 14.7. The van der Waals surface area contributed by atoms with Gasteiger partial charge in [0.2, 0.25) is 0 Å². The van der Waals surface area contributed by atoms with Crippen LogP contribution in [-0.2, 0) is 13.0 Å². The van der Waals surface area contributed by atoms with Crippen molar-refractivity contribution in [2.75, 3.05) is 6.54 Å². The Bertz CT molecular complexity index is 596. The number of rotatable bonds is 5. The first-order valence-corrected chi connectivity index (χ1v) is 8.49. The smallest absolute Gasteiger partial charge is 0.137 e. The van der Waals surface area contributed by atoms with Crippen molar-refractivity contribution in [1.82, 2.24) is 10.1 Å². The molecule has 1 atom stereocenters. The number of likely N-dealkylation sites (tertiary alicyclic amines) is 1. The highest BCUT2D eigenvalue weighted by Crippen LogP contribution is 2.33. The highest BCUT2D eigenvalue weighted by molar-refractivity contribution is 9.10. The van der Waals surface area contributed by atoms with Crippen molar-refractivity contribution >= 4 is 15.9 Å². The van der Waals surface area contributed by atoms with E-state index >= 15 is 0 Å². The topological polar surface area (TPSA) is 29.3 Å². The highest BCUT2D eigenvalue weighted by atomic mass is 79.9. The van der Waals surface area contributed by atoms with Gasteiger partial charge in [-0.15, -0.1) is 0 Å². The fourth-order valence-electron chi connectivity index (χ4n) is 3.07. The van der Waals surface area contributed by atoms with Crippen molar-refractivity contribution in [3.63, 3.8) is 0 Å². The van der Waals surface area contributed by atoms with Crippen LogP contribution in [0.3, 0.4) is 0 Å². The first kappa shape index (κ1) is 14.8. The Kier molecular flexibility index (Phi) is 4.76. The van der Waals surface area contributed by atoms with E-state index in [1.165, 1.54) is 18.4 Å². The lowest BCUT2D eigenvalue weighted by molar-refractivity contribution is 0.236. The van der Waals surface area contributed by atoms with Gasteiger partial charge in [0.25, 0.3) is 0 Å². The van der Waals surface area contributed by atoms with Crippen LogP contribution in [0.2, 0.25) is 0 Å². The van der Waals surface area contributed by atoms with E-state index in [4.69, 9.17) is 4.52 Å². The Balaban J connectivity index is 1.72. The van der Waals surface area contributed by atoms with Crippen molar-refractivity contribution in [3.8, 4) is 0 Å². The maximum atomic E-state index is 5.45. The molecule has 112 valence electrons. The van der Waals surface area contributed by atoms with Crippen LogP contribution in [0.25, 0.3) is 0 Å². The van der Waals surface area contributed by atoms with Crippen molar-refractivity contribution in [3.05, 3.63) is 51.8 Å². The van der Waals surface area contributed by atoms with E-state index in [9.17, 15) is 0 Å². The zero-order valence-electron chi connectivity index (χ0n) is 12.4. The maximum absolute atomic E-state index is 5.45. The van der Waals surface area contributed by atoms with Gasteiger partial charge in [0.05, 0.1) is 6.04 Å². The van der Waals surface area contributed by atoms with Gasteiger partial charge < -0.3 is 4.52 Å². The van der Waals surface area contributed by atoms with Crippen LogP contribution in [0.1, 0.15) is 49.2 Å². The third-order valence-corrected chi connectivity index (χ3v) is 4.55. The summed E-state index contributed by atoms with van der Waals surface area (Å²) in [4.78, 5) is 2.51. The number of hydrogen-bond donors (Lipinski definition) is 0. The molecule has 3 rings (SSSR count). The quantitative estimate of drug-likeness (QED) is 0.782. The molecule has 4 heteroatoms. The minimum absolute atomic E-state index is 0.401. The molecule has 0 saturated carbocycles. The molecule has 0 radical (unpaired) electrons. The van der Waals surface area contributed by atoms with Crippen LogP contribution >= 0.6 is 15.9 Å². The van der Waals surface area contributed by atoms with Gasteiger partial charge in [-0.25, -0.2) is 0 Å². The summed E-state index contributed by atoms with van der Waals surface area (Å²) < 4.78 is 6.59. The van der Waals surface area contributed by atoms with Gasteiger partial charge in [-0.1, -0.05) is 40.1 Å². The Morgan fingerprint density at radius 3 is 3.10 bits per heavy atom. The molecule has 0 amide bonds. The third-order valence-electron chi connectivity index (χ3n) is 4.05. The number of benzene rings is 1. The lowest BCUT2D eigenvalue weighted by Gasteiger charge is -2.22. The molecule has 2 heterocycles. The summed E-state index contributed by atoms with van der Waals surface area (Å²) in [7, 11) is 0. The summed E-state index contributed by atoms with van der Waals surface area (Å²) in [6, 6.07) is 11.1. The Morgan fingerprint density at radius 2 is 2.29 bits per heavy atom. The molecule has 1 aromatic carbocycles. The number of aryl methyl sites for hydroxylation is 1. The number of nitrogens with zero attached hydrogens (tertiary/aromatic N) is 2. The first-order chi connectivity index (χ1) is 10.3. The molecule has 0 aliphatic carbocycles. The van der Waals surface area contributed by atoms with E-state index in [1.807, 2.05) is 0 Å². The van der Waals surface area contributed by atoms with Gasteiger partial charge in [0.15, 0.2) is 0 Å². The molecule has 2 aromatic rings. The zero-order valence-corrected chi connectivity index (χ0v) is 14.0. The molecule has 1 unspecified atom stereocenters. The first-order valence-electron chi connectivity index (χ1n) is 7.70. The van der Waals surface area contributed by atoms with E-state index < -0.39 is 0 Å². The molecular formula is C17H21BrN2O. The molecule has 0 N–H and O–H groups in total. The van der Waals surface area contributed by atoms with Crippen LogP contribution in [-0.4, -0.2) is 16.6 Å². The molecule has 1 aromatic heterocycles. The van der Waals surface area contributed by atoms with Crippen LogP contribution in [0.4, 0.5) is 0 Å². The summed E-state index contributed by atoms with van der Waals surface area (Å²) in [5.74, 6) is 1.02. The van der Waals surface area contributed by atoms with Crippen molar-refractivity contribution < 1.29 is 4.52 Å². The fourth-order valence-corrected chi connectivity index (χ4v) is 3.52. The normalized spacial score (nSPS) is 19.2. The molecule has 1 aliphatic rings. The highest BCUT2D eigenvalue weighted by Gasteiger charge is 2.28. The number of aromatic nitrogens is 1. The van der Waals surface area contributed by atoms with Crippen LogP contribution in [0.15, 0.2) is 39.3 Å². The van der Waals surface area contributed by atoms with Gasteiger partial charge >= 0.3 is 0 Å². The van der Waals surface area contributed by atoms with Gasteiger partial charge in [-0.2, -0.15) is 0 Å². The van der Waals surface area contributed by atoms with Crippen LogP contribution in [0, 0.1) is 0 Å². The second-order valence-electron chi connectivity index (χ2n) is 5.73. The molecule has 0 spiro atoms. The molecule has 0 bridgehead atoms. The monoisotopic (exact) mass is 348 g/mol. The van der Waals surface area contributed by atoms with E-state index in [0.717, 1.165) is 41.9 Å². The molecule has 1 aliphatic heterocycles. The van der Waals surface area contributed by atoms with E-state index in [1.54, 1.807) is 0 Å². The maximum Gasteiger partial charge on any atom is 0.137 e. The van der Waals surface area contributed by atoms with Gasteiger partial charge in [-0.3, -0.25) is 4.90 Å². The van der Waals surface area contributed by atoms with Crippen LogP contribution in [0.5, 0.6) is 0 Å². The second kappa shape index (κ2) is 6.75. The summed E-state index contributed by atoms with van der Waals surface area (Å²) in [5, 5.41) is 4.30. The Morgan fingerprint density at radius 1 is 1.38 bits per heavy atom. The molecule has 21 heavy (non-hydrogen) atoms.